The van der Waals surface area contributed by atoms with Gasteiger partial charge >= 0.3 is 0 Å². The van der Waals surface area contributed by atoms with Crippen molar-refractivity contribution < 1.29 is 9.47 Å². The van der Waals surface area contributed by atoms with Crippen LogP contribution in [0.25, 0.3) is 0 Å². The molecule has 1 aliphatic carbocycles. The second-order valence-corrected chi connectivity index (χ2v) is 6.81. The number of rotatable bonds is 6. The number of hydrogen-bond acceptors (Lipinski definition) is 3. The van der Waals surface area contributed by atoms with Crippen molar-refractivity contribution in [1.29, 1.82) is 0 Å². The summed E-state index contributed by atoms with van der Waals surface area (Å²) < 4.78 is 10.7. The van der Waals surface area contributed by atoms with Crippen LogP contribution in [0, 0.1) is 5.41 Å². The fourth-order valence-corrected chi connectivity index (χ4v) is 2.96. The maximum atomic E-state index is 5.67. The fourth-order valence-electron chi connectivity index (χ4n) is 2.96. The maximum Gasteiger partial charge on any atom is 0.121 e. The van der Waals surface area contributed by atoms with Crippen LogP contribution in [-0.2, 0) is 4.74 Å². The molecule has 1 atom stereocenters. The molecular formula is C18H29NO2. The Bertz CT molecular complexity index is 431. The molecule has 3 nitrogen and oxygen atoms in total. The van der Waals surface area contributed by atoms with Gasteiger partial charge in [0.05, 0.1) is 6.61 Å². The third kappa shape index (κ3) is 5.58. The molecule has 1 fully saturated rings. The molecule has 0 aliphatic heterocycles. The van der Waals surface area contributed by atoms with Gasteiger partial charge in [0.2, 0.25) is 0 Å². The molecule has 1 aromatic rings. The van der Waals surface area contributed by atoms with E-state index in [4.69, 9.17) is 9.47 Å². The molecule has 1 saturated carbocycles. The van der Waals surface area contributed by atoms with Crippen LogP contribution >= 0.6 is 0 Å². The molecule has 0 heterocycles. The lowest BCUT2D eigenvalue weighted by atomic mass is 9.85. The van der Waals surface area contributed by atoms with Gasteiger partial charge in [0.15, 0.2) is 0 Å². The fraction of sp³-hybridized carbons (Fsp3) is 0.667. The Labute approximate surface area is 129 Å². The molecule has 0 radical (unpaired) electrons. The Kier molecular flexibility index (Phi) is 5.92. The van der Waals surface area contributed by atoms with Crippen LogP contribution in [0.4, 0.5) is 5.69 Å². The molecule has 1 unspecified atom stereocenters. The van der Waals surface area contributed by atoms with E-state index in [1.807, 2.05) is 12.1 Å². The minimum absolute atomic E-state index is 0.502. The number of benzene rings is 1. The topological polar surface area (TPSA) is 30.5 Å². The summed E-state index contributed by atoms with van der Waals surface area (Å²) in [5.74, 6) is 0.908. The van der Waals surface area contributed by atoms with Crippen LogP contribution in [-0.4, -0.2) is 26.4 Å². The molecule has 1 aliphatic rings. The molecule has 21 heavy (non-hydrogen) atoms. The summed E-state index contributed by atoms with van der Waals surface area (Å²) in [6, 6.07) is 8.84. The van der Waals surface area contributed by atoms with Crippen molar-refractivity contribution in [3.05, 3.63) is 24.3 Å². The standard InChI is InChI=1S/C18H29NO2/c1-18(2)10-5-7-15(9-11-18)19-16-6-4-8-17(14-16)21-13-12-20-3/h4,6,8,14-15,19H,5,7,9-13H2,1-3H3. The smallest absolute Gasteiger partial charge is 0.121 e. The van der Waals surface area contributed by atoms with Crippen LogP contribution in [0.15, 0.2) is 24.3 Å². The summed E-state index contributed by atoms with van der Waals surface area (Å²) in [6.07, 6.45) is 6.47. The number of methoxy groups -OCH3 is 1. The van der Waals surface area contributed by atoms with E-state index in [9.17, 15) is 0 Å². The summed E-state index contributed by atoms with van der Waals surface area (Å²) in [5.41, 5.74) is 1.66. The van der Waals surface area contributed by atoms with Gasteiger partial charge in [-0.2, -0.15) is 0 Å². The molecule has 0 bridgehead atoms. The molecule has 2 rings (SSSR count). The minimum atomic E-state index is 0.502. The quantitative estimate of drug-likeness (QED) is 0.619. The Morgan fingerprint density at radius 1 is 1.19 bits per heavy atom. The number of hydrogen-bond donors (Lipinski definition) is 1. The second kappa shape index (κ2) is 7.69. The zero-order chi connectivity index (χ0) is 15.1. The normalized spacial score (nSPS) is 21.6. The van der Waals surface area contributed by atoms with Crippen molar-refractivity contribution in [2.75, 3.05) is 25.6 Å². The summed E-state index contributed by atoms with van der Waals surface area (Å²) >= 11 is 0. The molecule has 0 amide bonds. The lowest BCUT2D eigenvalue weighted by Crippen LogP contribution is -2.19. The summed E-state index contributed by atoms with van der Waals surface area (Å²) in [5, 5.41) is 3.68. The SMILES string of the molecule is COCCOc1cccc(NC2CCCC(C)(C)CC2)c1. The molecule has 1 N–H and O–H groups in total. The number of ether oxygens (including phenoxy) is 2. The number of nitrogens with one attached hydrogen (secondary N) is 1. The van der Waals surface area contributed by atoms with Gasteiger partial charge in [-0.1, -0.05) is 26.3 Å². The maximum absolute atomic E-state index is 5.67. The lowest BCUT2D eigenvalue weighted by molar-refractivity contribution is 0.146. The summed E-state index contributed by atoms with van der Waals surface area (Å²) in [6.45, 7) is 5.99. The van der Waals surface area contributed by atoms with Gasteiger partial charge in [-0.25, -0.2) is 0 Å². The number of anilines is 1. The van der Waals surface area contributed by atoms with Crippen molar-refractivity contribution in [1.82, 2.24) is 0 Å². The highest BCUT2D eigenvalue weighted by atomic mass is 16.5. The Morgan fingerprint density at radius 3 is 2.86 bits per heavy atom. The summed E-state index contributed by atoms with van der Waals surface area (Å²) in [4.78, 5) is 0. The Morgan fingerprint density at radius 2 is 2.05 bits per heavy atom. The highest BCUT2D eigenvalue weighted by Gasteiger charge is 2.24. The van der Waals surface area contributed by atoms with Gasteiger partial charge in [-0.3, -0.25) is 0 Å². The van der Waals surface area contributed by atoms with E-state index < -0.39 is 0 Å². The van der Waals surface area contributed by atoms with E-state index in [-0.39, 0.29) is 0 Å². The predicted molar refractivity (Wildman–Crippen MR) is 88.1 cm³/mol. The van der Waals surface area contributed by atoms with Crippen LogP contribution in [0.1, 0.15) is 46.0 Å². The Balaban J connectivity index is 1.88. The first kappa shape index (κ1) is 16.2. The van der Waals surface area contributed by atoms with Crippen LogP contribution < -0.4 is 10.1 Å². The van der Waals surface area contributed by atoms with Crippen molar-refractivity contribution in [3.63, 3.8) is 0 Å². The first-order valence-corrected chi connectivity index (χ1v) is 8.07. The van der Waals surface area contributed by atoms with Gasteiger partial charge in [0.25, 0.3) is 0 Å². The van der Waals surface area contributed by atoms with E-state index >= 15 is 0 Å². The van der Waals surface area contributed by atoms with Crippen molar-refractivity contribution in [2.24, 2.45) is 5.41 Å². The molecule has 0 aromatic heterocycles. The van der Waals surface area contributed by atoms with Gasteiger partial charge in [-0.05, 0) is 43.2 Å². The van der Waals surface area contributed by atoms with Gasteiger partial charge in [0.1, 0.15) is 12.4 Å². The van der Waals surface area contributed by atoms with Crippen LogP contribution in [0.5, 0.6) is 5.75 Å². The highest BCUT2D eigenvalue weighted by Crippen LogP contribution is 2.34. The molecule has 1 aromatic carbocycles. The molecule has 118 valence electrons. The third-order valence-electron chi connectivity index (χ3n) is 4.34. The largest absolute Gasteiger partial charge is 0.491 e. The van der Waals surface area contributed by atoms with Gasteiger partial charge < -0.3 is 14.8 Å². The van der Waals surface area contributed by atoms with Crippen molar-refractivity contribution >= 4 is 5.69 Å². The van der Waals surface area contributed by atoms with Crippen molar-refractivity contribution in [3.8, 4) is 5.75 Å². The van der Waals surface area contributed by atoms with E-state index in [0.29, 0.717) is 24.7 Å². The zero-order valence-corrected chi connectivity index (χ0v) is 13.7. The third-order valence-corrected chi connectivity index (χ3v) is 4.34. The van der Waals surface area contributed by atoms with Crippen molar-refractivity contribution in [2.45, 2.75) is 52.0 Å². The second-order valence-electron chi connectivity index (χ2n) is 6.81. The average molecular weight is 291 g/mol. The molecule has 3 heteroatoms. The molecule has 0 saturated heterocycles. The lowest BCUT2D eigenvalue weighted by Gasteiger charge is -2.22. The van der Waals surface area contributed by atoms with Crippen LogP contribution in [0.3, 0.4) is 0 Å². The first-order valence-electron chi connectivity index (χ1n) is 8.07. The van der Waals surface area contributed by atoms with Gasteiger partial charge in [-0.15, -0.1) is 0 Å². The Hall–Kier alpha value is -1.22. The van der Waals surface area contributed by atoms with E-state index in [0.717, 1.165) is 11.4 Å². The molecule has 0 spiro atoms. The zero-order valence-electron chi connectivity index (χ0n) is 13.7. The van der Waals surface area contributed by atoms with Crippen LogP contribution in [0.2, 0.25) is 0 Å². The summed E-state index contributed by atoms with van der Waals surface area (Å²) in [7, 11) is 1.69. The minimum Gasteiger partial charge on any atom is -0.491 e. The first-order chi connectivity index (χ1) is 10.1. The van der Waals surface area contributed by atoms with E-state index in [1.165, 1.54) is 32.1 Å². The monoisotopic (exact) mass is 291 g/mol. The molecular weight excluding hydrogens is 262 g/mol. The highest BCUT2D eigenvalue weighted by molar-refractivity contribution is 5.48. The average Bonchev–Trinajstić information content (AvgIpc) is 2.61. The predicted octanol–water partition coefficient (Wildman–Crippen LogP) is 4.48. The van der Waals surface area contributed by atoms with E-state index in [1.54, 1.807) is 7.11 Å². The van der Waals surface area contributed by atoms with E-state index in [2.05, 4.69) is 31.3 Å². The van der Waals surface area contributed by atoms with Gasteiger partial charge in [0, 0.05) is 24.9 Å².